The van der Waals surface area contributed by atoms with Crippen molar-refractivity contribution in [2.24, 2.45) is 0 Å². The van der Waals surface area contributed by atoms with Gasteiger partial charge in [0.2, 0.25) is 5.95 Å². The second-order valence-corrected chi connectivity index (χ2v) is 7.66. The van der Waals surface area contributed by atoms with Gasteiger partial charge in [0.25, 0.3) is 0 Å². The molecule has 1 N–H and O–H groups in total. The summed E-state index contributed by atoms with van der Waals surface area (Å²) in [6, 6.07) is 10.5. The van der Waals surface area contributed by atoms with E-state index >= 15 is 0 Å². The van der Waals surface area contributed by atoms with Crippen LogP contribution >= 0.6 is 0 Å². The van der Waals surface area contributed by atoms with Gasteiger partial charge in [-0.1, -0.05) is 39.0 Å². The number of aromatic nitrogens is 2. The number of anilines is 3. The Balaban J connectivity index is 1.90. The number of hydrogen-bond donors (Lipinski definition) is 1. The normalized spacial score (nSPS) is 15.4. The van der Waals surface area contributed by atoms with Crippen molar-refractivity contribution in [3.63, 3.8) is 0 Å². The number of piperidine rings is 1. The van der Waals surface area contributed by atoms with E-state index in [4.69, 9.17) is 4.98 Å². The van der Waals surface area contributed by atoms with Gasteiger partial charge in [-0.2, -0.15) is 4.98 Å². The average Bonchev–Trinajstić information content (AvgIpc) is 2.55. The quantitative estimate of drug-likeness (QED) is 0.879. The van der Waals surface area contributed by atoms with Crippen molar-refractivity contribution in [2.45, 2.75) is 52.4 Å². The van der Waals surface area contributed by atoms with Crippen molar-refractivity contribution < 1.29 is 0 Å². The molecule has 1 aliphatic rings. The van der Waals surface area contributed by atoms with E-state index < -0.39 is 0 Å². The predicted molar refractivity (Wildman–Crippen MR) is 101 cm³/mol. The van der Waals surface area contributed by atoms with Crippen molar-refractivity contribution in [1.29, 1.82) is 0 Å². The molecule has 2 heterocycles. The molecule has 0 bridgehead atoms. The molecule has 2 aromatic rings. The van der Waals surface area contributed by atoms with Crippen LogP contribution < -0.4 is 10.2 Å². The fourth-order valence-electron chi connectivity index (χ4n) is 3.26. The molecule has 1 saturated heterocycles. The van der Waals surface area contributed by atoms with E-state index in [9.17, 15) is 0 Å². The molecule has 0 saturated carbocycles. The van der Waals surface area contributed by atoms with Crippen molar-refractivity contribution in [3.05, 3.63) is 41.6 Å². The summed E-state index contributed by atoms with van der Waals surface area (Å²) in [6.07, 6.45) is 3.82. The summed E-state index contributed by atoms with van der Waals surface area (Å²) in [4.78, 5) is 11.8. The van der Waals surface area contributed by atoms with Gasteiger partial charge < -0.3 is 10.2 Å². The summed E-state index contributed by atoms with van der Waals surface area (Å²) in [5.41, 5.74) is 3.43. The zero-order valence-electron chi connectivity index (χ0n) is 15.3. The van der Waals surface area contributed by atoms with Crippen LogP contribution in [0.4, 0.5) is 17.5 Å². The molecule has 1 aliphatic heterocycles. The maximum Gasteiger partial charge on any atom is 0.229 e. The Morgan fingerprint density at radius 3 is 2.42 bits per heavy atom. The largest absolute Gasteiger partial charge is 0.356 e. The fourth-order valence-corrected chi connectivity index (χ4v) is 3.26. The molecule has 1 fully saturated rings. The Hall–Kier alpha value is -2.10. The minimum atomic E-state index is 0.0725. The monoisotopic (exact) mass is 324 g/mol. The molecule has 0 amide bonds. The molecule has 24 heavy (non-hydrogen) atoms. The Kier molecular flexibility index (Phi) is 4.74. The number of nitrogens with one attached hydrogen (secondary N) is 1. The summed E-state index contributed by atoms with van der Waals surface area (Å²) < 4.78 is 0. The van der Waals surface area contributed by atoms with Gasteiger partial charge in [-0.05, 0) is 43.2 Å². The molecule has 0 atom stereocenters. The Bertz CT molecular complexity index is 697. The summed E-state index contributed by atoms with van der Waals surface area (Å²) in [6.45, 7) is 10.9. The van der Waals surface area contributed by atoms with Crippen LogP contribution in [0.25, 0.3) is 0 Å². The number of aryl methyl sites for hydroxylation is 1. The average molecular weight is 324 g/mol. The molecule has 0 spiro atoms. The second kappa shape index (κ2) is 6.80. The zero-order chi connectivity index (χ0) is 17.2. The first-order valence-corrected chi connectivity index (χ1v) is 8.91. The second-order valence-electron chi connectivity index (χ2n) is 7.66. The van der Waals surface area contributed by atoms with Crippen LogP contribution in [0.2, 0.25) is 0 Å². The van der Waals surface area contributed by atoms with E-state index in [0.717, 1.165) is 30.3 Å². The molecule has 1 aromatic carbocycles. The van der Waals surface area contributed by atoms with Gasteiger partial charge in [0.15, 0.2) is 0 Å². The van der Waals surface area contributed by atoms with Crippen LogP contribution in [0.5, 0.6) is 0 Å². The summed E-state index contributed by atoms with van der Waals surface area (Å²) in [5.74, 6) is 1.73. The lowest BCUT2D eigenvalue weighted by atomic mass is 9.86. The van der Waals surface area contributed by atoms with Gasteiger partial charge in [-0.3, -0.25) is 0 Å². The Labute approximate surface area is 145 Å². The topological polar surface area (TPSA) is 41.1 Å². The van der Waals surface area contributed by atoms with Gasteiger partial charge in [-0.25, -0.2) is 4.98 Å². The van der Waals surface area contributed by atoms with E-state index in [1.807, 2.05) is 6.92 Å². The number of nitrogens with zero attached hydrogens (tertiary/aromatic N) is 3. The van der Waals surface area contributed by atoms with Crippen LogP contribution in [0.15, 0.2) is 30.3 Å². The number of hydrogen-bond acceptors (Lipinski definition) is 4. The van der Waals surface area contributed by atoms with Gasteiger partial charge >= 0.3 is 0 Å². The van der Waals surface area contributed by atoms with E-state index in [2.05, 4.69) is 66.3 Å². The van der Waals surface area contributed by atoms with Crippen LogP contribution in [-0.2, 0) is 5.41 Å². The summed E-state index contributed by atoms with van der Waals surface area (Å²) in [7, 11) is 0. The molecule has 1 aromatic heterocycles. The van der Waals surface area contributed by atoms with Crippen molar-refractivity contribution >= 4 is 17.5 Å². The third-order valence-corrected chi connectivity index (χ3v) is 4.50. The van der Waals surface area contributed by atoms with Crippen LogP contribution in [0.3, 0.4) is 0 Å². The third-order valence-electron chi connectivity index (χ3n) is 4.50. The highest BCUT2D eigenvalue weighted by Gasteiger charge is 2.19. The lowest BCUT2D eigenvalue weighted by Gasteiger charge is -2.28. The maximum atomic E-state index is 4.78. The van der Waals surface area contributed by atoms with E-state index in [1.54, 1.807) is 0 Å². The molecule has 4 heteroatoms. The fraction of sp³-hybridized carbons (Fsp3) is 0.500. The van der Waals surface area contributed by atoms with Crippen molar-refractivity contribution in [1.82, 2.24) is 9.97 Å². The molecule has 0 aliphatic carbocycles. The van der Waals surface area contributed by atoms with E-state index in [0.29, 0.717) is 5.95 Å². The zero-order valence-corrected chi connectivity index (χ0v) is 15.3. The van der Waals surface area contributed by atoms with Gasteiger partial charge in [0.1, 0.15) is 5.82 Å². The molecule has 0 unspecified atom stereocenters. The molecular formula is C20H28N4. The molecule has 3 rings (SSSR count). The van der Waals surface area contributed by atoms with E-state index in [1.165, 1.54) is 24.8 Å². The van der Waals surface area contributed by atoms with E-state index in [-0.39, 0.29) is 5.41 Å². The number of benzene rings is 1. The van der Waals surface area contributed by atoms with Gasteiger partial charge in [0.05, 0.1) is 0 Å². The SMILES string of the molecule is Cc1cc(N2CCCCC2)nc(Nc2ccccc2C(C)(C)C)n1. The maximum absolute atomic E-state index is 4.78. The third kappa shape index (κ3) is 3.86. The highest BCUT2D eigenvalue weighted by atomic mass is 15.2. The van der Waals surface area contributed by atoms with Gasteiger partial charge in [-0.15, -0.1) is 0 Å². The number of rotatable bonds is 3. The predicted octanol–water partition coefficient (Wildman–Crippen LogP) is 4.82. The van der Waals surface area contributed by atoms with Crippen LogP contribution in [-0.4, -0.2) is 23.1 Å². The lowest BCUT2D eigenvalue weighted by Crippen LogP contribution is -2.30. The van der Waals surface area contributed by atoms with Crippen LogP contribution in [0, 0.1) is 6.92 Å². The number of para-hydroxylation sites is 1. The minimum Gasteiger partial charge on any atom is -0.356 e. The lowest BCUT2D eigenvalue weighted by molar-refractivity contribution is 0.573. The first-order chi connectivity index (χ1) is 11.4. The highest BCUT2D eigenvalue weighted by molar-refractivity contribution is 5.61. The molecule has 4 nitrogen and oxygen atoms in total. The van der Waals surface area contributed by atoms with Crippen molar-refractivity contribution in [3.8, 4) is 0 Å². The molecule has 128 valence electrons. The minimum absolute atomic E-state index is 0.0725. The highest BCUT2D eigenvalue weighted by Crippen LogP contribution is 2.31. The molecule has 0 radical (unpaired) electrons. The standard InChI is InChI=1S/C20H28N4/c1-15-14-18(24-12-8-5-9-13-24)23-19(21-15)22-17-11-7-6-10-16(17)20(2,3)4/h6-7,10-11,14H,5,8-9,12-13H2,1-4H3,(H,21,22,23). The summed E-state index contributed by atoms with van der Waals surface area (Å²) in [5, 5.41) is 3.45. The summed E-state index contributed by atoms with van der Waals surface area (Å²) >= 11 is 0. The Morgan fingerprint density at radius 2 is 1.71 bits per heavy atom. The van der Waals surface area contributed by atoms with Crippen molar-refractivity contribution in [2.75, 3.05) is 23.3 Å². The Morgan fingerprint density at radius 1 is 1.00 bits per heavy atom. The van der Waals surface area contributed by atoms with Gasteiger partial charge in [0, 0.05) is 30.5 Å². The smallest absolute Gasteiger partial charge is 0.229 e. The first kappa shape index (κ1) is 16.7. The molecular weight excluding hydrogens is 296 g/mol. The van der Waals surface area contributed by atoms with Crippen LogP contribution in [0.1, 0.15) is 51.3 Å². The first-order valence-electron chi connectivity index (χ1n) is 8.91.